The lowest BCUT2D eigenvalue weighted by atomic mass is 10.0. The van der Waals surface area contributed by atoms with Crippen LogP contribution in [0.1, 0.15) is 32.1 Å². The van der Waals surface area contributed by atoms with E-state index in [0.717, 1.165) is 11.8 Å². The Morgan fingerprint density at radius 1 is 0.846 bits per heavy atom. The second-order valence-electron chi connectivity index (χ2n) is 4.34. The standard InChI is InChI=1S/C11H16S2/c1-6-12-11(13-7-1)10-8-2-3-9(10)5-4-8/h8-9H,1-7H2. The van der Waals surface area contributed by atoms with Crippen molar-refractivity contribution in [2.75, 3.05) is 11.5 Å². The number of allylic oxidation sites excluding steroid dienone is 1. The van der Waals surface area contributed by atoms with Crippen LogP contribution in [0.4, 0.5) is 0 Å². The predicted molar refractivity (Wildman–Crippen MR) is 62.0 cm³/mol. The SMILES string of the molecule is C1CSC(=C2C3CCC2CC3)SC1. The van der Waals surface area contributed by atoms with E-state index in [1.54, 1.807) is 4.24 Å². The molecule has 3 rings (SSSR count). The Morgan fingerprint density at radius 2 is 1.38 bits per heavy atom. The van der Waals surface area contributed by atoms with Crippen molar-refractivity contribution in [2.24, 2.45) is 11.8 Å². The fourth-order valence-corrected chi connectivity index (χ4v) is 5.94. The normalized spacial score (nSPS) is 38.8. The molecular formula is C11H16S2. The maximum Gasteiger partial charge on any atom is 0.0398 e. The first kappa shape index (κ1) is 8.72. The molecule has 2 heteroatoms. The molecule has 2 saturated carbocycles. The lowest BCUT2D eigenvalue weighted by molar-refractivity contribution is 0.480. The molecule has 0 amide bonds. The van der Waals surface area contributed by atoms with Gasteiger partial charge in [0.2, 0.25) is 0 Å². The third-order valence-electron chi connectivity index (χ3n) is 3.60. The maximum absolute atomic E-state index is 2.15. The summed E-state index contributed by atoms with van der Waals surface area (Å²) in [5.41, 5.74) is 1.90. The molecule has 72 valence electrons. The molecule has 0 aromatic heterocycles. The zero-order chi connectivity index (χ0) is 8.67. The van der Waals surface area contributed by atoms with Gasteiger partial charge in [0.15, 0.2) is 0 Å². The van der Waals surface area contributed by atoms with Gasteiger partial charge >= 0.3 is 0 Å². The number of hydrogen-bond donors (Lipinski definition) is 0. The van der Waals surface area contributed by atoms with E-state index >= 15 is 0 Å². The molecule has 0 spiro atoms. The van der Waals surface area contributed by atoms with Crippen molar-refractivity contribution in [1.29, 1.82) is 0 Å². The predicted octanol–water partition coefficient (Wildman–Crippen LogP) is 3.89. The van der Waals surface area contributed by atoms with Crippen molar-refractivity contribution >= 4 is 23.5 Å². The first-order chi connectivity index (χ1) is 6.45. The highest BCUT2D eigenvalue weighted by Gasteiger charge is 2.38. The molecule has 1 heterocycles. The van der Waals surface area contributed by atoms with Crippen LogP contribution in [0.5, 0.6) is 0 Å². The van der Waals surface area contributed by atoms with Crippen LogP contribution in [0, 0.1) is 11.8 Å². The van der Waals surface area contributed by atoms with Gasteiger partial charge in [-0.05, 0) is 61.0 Å². The second-order valence-corrected chi connectivity index (χ2v) is 6.81. The summed E-state index contributed by atoms with van der Waals surface area (Å²) in [6.07, 6.45) is 7.44. The quantitative estimate of drug-likeness (QED) is 0.597. The minimum atomic E-state index is 1.01. The van der Waals surface area contributed by atoms with Crippen LogP contribution in [0.3, 0.4) is 0 Å². The largest absolute Gasteiger partial charge is 0.119 e. The zero-order valence-electron chi connectivity index (χ0n) is 7.92. The number of rotatable bonds is 0. The van der Waals surface area contributed by atoms with E-state index in [2.05, 4.69) is 23.5 Å². The Hall–Kier alpha value is 0.440. The summed E-state index contributed by atoms with van der Waals surface area (Å²) in [5, 5.41) is 0. The monoisotopic (exact) mass is 212 g/mol. The van der Waals surface area contributed by atoms with E-state index in [4.69, 9.17) is 0 Å². The van der Waals surface area contributed by atoms with Gasteiger partial charge < -0.3 is 0 Å². The molecule has 13 heavy (non-hydrogen) atoms. The van der Waals surface area contributed by atoms with Crippen LogP contribution in [-0.4, -0.2) is 11.5 Å². The fourth-order valence-electron chi connectivity index (χ4n) is 2.98. The van der Waals surface area contributed by atoms with E-state index in [1.165, 1.54) is 43.6 Å². The number of thioether (sulfide) groups is 2. The average Bonchev–Trinajstić information content (AvgIpc) is 2.78. The van der Waals surface area contributed by atoms with Gasteiger partial charge in [0.25, 0.3) is 0 Å². The summed E-state index contributed by atoms with van der Waals surface area (Å²) >= 11 is 4.30. The Kier molecular flexibility index (Phi) is 2.38. The molecule has 2 aliphatic carbocycles. The molecule has 0 atom stereocenters. The molecule has 0 aromatic rings. The summed E-state index contributed by atoms with van der Waals surface area (Å²) in [5.74, 6) is 4.78. The van der Waals surface area contributed by atoms with E-state index in [0.29, 0.717) is 0 Å². The zero-order valence-corrected chi connectivity index (χ0v) is 9.55. The average molecular weight is 212 g/mol. The van der Waals surface area contributed by atoms with Crippen molar-refractivity contribution in [2.45, 2.75) is 32.1 Å². The van der Waals surface area contributed by atoms with Crippen molar-refractivity contribution in [3.05, 3.63) is 9.81 Å². The van der Waals surface area contributed by atoms with Gasteiger partial charge in [-0.3, -0.25) is 0 Å². The third kappa shape index (κ3) is 1.46. The van der Waals surface area contributed by atoms with Crippen molar-refractivity contribution in [3.8, 4) is 0 Å². The molecule has 2 bridgehead atoms. The minimum Gasteiger partial charge on any atom is -0.119 e. The first-order valence-corrected chi connectivity index (χ1v) is 7.42. The topological polar surface area (TPSA) is 0 Å². The molecule has 1 saturated heterocycles. The van der Waals surface area contributed by atoms with Gasteiger partial charge in [0.1, 0.15) is 0 Å². The van der Waals surface area contributed by atoms with Crippen molar-refractivity contribution in [3.63, 3.8) is 0 Å². The summed E-state index contributed by atoms with van der Waals surface area (Å²) in [4.78, 5) is 0. The van der Waals surface area contributed by atoms with Crippen molar-refractivity contribution in [1.82, 2.24) is 0 Å². The summed E-state index contributed by atoms with van der Waals surface area (Å²) in [7, 11) is 0. The maximum atomic E-state index is 2.15. The van der Waals surface area contributed by atoms with E-state index in [1.807, 2.05) is 5.57 Å². The van der Waals surface area contributed by atoms with Crippen LogP contribution in [-0.2, 0) is 0 Å². The second kappa shape index (κ2) is 3.54. The van der Waals surface area contributed by atoms with Crippen LogP contribution >= 0.6 is 23.5 Å². The number of hydrogen-bond acceptors (Lipinski definition) is 2. The van der Waals surface area contributed by atoms with Crippen LogP contribution in [0.15, 0.2) is 9.81 Å². The summed E-state index contributed by atoms with van der Waals surface area (Å²) in [6.45, 7) is 0. The smallest absolute Gasteiger partial charge is 0.0398 e. The number of fused-ring (bicyclic) bond motifs is 2. The third-order valence-corrected chi connectivity index (χ3v) is 6.29. The molecule has 3 aliphatic rings. The van der Waals surface area contributed by atoms with Crippen molar-refractivity contribution < 1.29 is 0 Å². The highest BCUT2D eigenvalue weighted by atomic mass is 32.2. The lowest BCUT2D eigenvalue weighted by Gasteiger charge is -2.17. The van der Waals surface area contributed by atoms with E-state index < -0.39 is 0 Å². The molecule has 0 N–H and O–H groups in total. The molecule has 0 nitrogen and oxygen atoms in total. The van der Waals surface area contributed by atoms with Gasteiger partial charge in [-0.1, -0.05) is 0 Å². The Morgan fingerprint density at radius 3 is 1.92 bits per heavy atom. The molecular weight excluding hydrogens is 196 g/mol. The van der Waals surface area contributed by atoms with Crippen LogP contribution < -0.4 is 0 Å². The van der Waals surface area contributed by atoms with Crippen LogP contribution in [0.25, 0.3) is 0 Å². The molecule has 0 unspecified atom stereocenters. The first-order valence-electron chi connectivity index (χ1n) is 5.45. The Balaban J connectivity index is 1.89. The molecule has 0 aromatic carbocycles. The van der Waals surface area contributed by atoms with E-state index in [-0.39, 0.29) is 0 Å². The van der Waals surface area contributed by atoms with Gasteiger partial charge in [-0.2, -0.15) is 0 Å². The summed E-state index contributed by atoms with van der Waals surface area (Å²) < 4.78 is 1.75. The van der Waals surface area contributed by atoms with E-state index in [9.17, 15) is 0 Å². The van der Waals surface area contributed by atoms with Gasteiger partial charge in [0.05, 0.1) is 0 Å². The summed E-state index contributed by atoms with van der Waals surface area (Å²) in [6, 6.07) is 0. The minimum absolute atomic E-state index is 1.01. The molecule has 0 radical (unpaired) electrons. The Labute approximate surface area is 88.9 Å². The molecule has 1 aliphatic heterocycles. The van der Waals surface area contributed by atoms with Crippen LogP contribution in [0.2, 0.25) is 0 Å². The van der Waals surface area contributed by atoms with Gasteiger partial charge in [-0.25, -0.2) is 0 Å². The van der Waals surface area contributed by atoms with Gasteiger partial charge in [-0.15, -0.1) is 23.5 Å². The van der Waals surface area contributed by atoms with Gasteiger partial charge in [0, 0.05) is 4.24 Å². The highest BCUT2D eigenvalue weighted by Crippen LogP contribution is 2.54. The Bertz CT molecular complexity index is 214. The highest BCUT2D eigenvalue weighted by molar-refractivity contribution is 8.22. The lowest BCUT2D eigenvalue weighted by Crippen LogP contribution is -1.98. The fraction of sp³-hybridized carbons (Fsp3) is 0.818. The molecule has 3 fully saturated rings.